The predicted octanol–water partition coefficient (Wildman–Crippen LogP) is 5.19. The third-order valence-electron chi connectivity index (χ3n) is 7.62. The van der Waals surface area contributed by atoms with Crippen LogP contribution in [0.15, 0.2) is 24.3 Å². The molecule has 0 radical (unpaired) electrons. The topological polar surface area (TPSA) is 91.4 Å². The zero-order valence-corrected chi connectivity index (χ0v) is 22.9. The summed E-state index contributed by atoms with van der Waals surface area (Å²) in [6.45, 7) is 7.76. The summed E-state index contributed by atoms with van der Waals surface area (Å²) in [7, 11) is 0. The minimum Gasteiger partial charge on any atom is -0.490 e. The van der Waals surface area contributed by atoms with Crippen LogP contribution in [0, 0.1) is 23.7 Å². The summed E-state index contributed by atoms with van der Waals surface area (Å²) in [5.74, 6) is 0.385. The van der Waals surface area contributed by atoms with Crippen molar-refractivity contribution in [3.8, 4) is 17.2 Å². The molecule has 2 amide bonds. The van der Waals surface area contributed by atoms with Crippen LogP contribution < -0.4 is 14.2 Å². The van der Waals surface area contributed by atoms with Crippen molar-refractivity contribution >= 4 is 17.8 Å². The number of rotatable bonds is 16. The van der Waals surface area contributed by atoms with Gasteiger partial charge >= 0.3 is 5.97 Å². The van der Waals surface area contributed by atoms with Crippen LogP contribution in [0.2, 0.25) is 0 Å². The van der Waals surface area contributed by atoms with Crippen LogP contribution in [-0.4, -0.2) is 55.7 Å². The molecule has 4 rings (SSSR count). The van der Waals surface area contributed by atoms with Crippen molar-refractivity contribution < 1.29 is 33.3 Å². The Hall–Kier alpha value is -3.03. The molecule has 1 heterocycles. The molecular formula is C30H41NO7. The molecule has 8 nitrogen and oxygen atoms in total. The fourth-order valence-corrected chi connectivity index (χ4v) is 5.52. The number of nitrogens with zero attached hydrogens (tertiary/aromatic N) is 1. The Bertz CT molecular complexity index is 974. The summed E-state index contributed by atoms with van der Waals surface area (Å²) in [5.41, 5.74) is 0.282. The summed E-state index contributed by atoms with van der Waals surface area (Å²) in [6, 6.07) is 3.26. The highest BCUT2D eigenvalue weighted by atomic mass is 16.5. The highest BCUT2D eigenvalue weighted by molar-refractivity contribution is 6.06. The normalized spacial score (nSPS) is 23.2. The van der Waals surface area contributed by atoms with Crippen LogP contribution in [0.1, 0.15) is 76.1 Å². The van der Waals surface area contributed by atoms with Gasteiger partial charge < -0.3 is 18.9 Å². The van der Waals surface area contributed by atoms with Gasteiger partial charge in [0.05, 0.1) is 43.8 Å². The second-order valence-electron chi connectivity index (χ2n) is 10.4. The van der Waals surface area contributed by atoms with Gasteiger partial charge in [0.25, 0.3) is 0 Å². The Morgan fingerprint density at radius 3 is 1.79 bits per heavy atom. The number of allylic oxidation sites excluding steroid dienone is 2. The molecule has 2 fully saturated rings. The number of carbonyl (C=O) groups is 3. The number of hydrogen-bond acceptors (Lipinski definition) is 7. The summed E-state index contributed by atoms with van der Waals surface area (Å²) in [5, 5.41) is 0. The number of benzene rings is 1. The minimum atomic E-state index is -0.563. The molecule has 4 unspecified atom stereocenters. The van der Waals surface area contributed by atoms with E-state index in [0.717, 1.165) is 44.9 Å². The molecule has 0 aromatic heterocycles. The van der Waals surface area contributed by atoms with Gasteiger partial charge in [-0.1, -0.05) is 52.2 Å². The quantitative estimate of drug-likeness (QED) is 0.126. The highest BCUT2D eigenvalue weighted by Crippen LogP contribution is 2.52. The number of hydrogen-bond donors (Lipinski definition) is 0. The van der Waals surface area contributed by atoms with Gasteiger partial charge in [-0.2, -0.15) is 0 Å². The van der Waals surface area contributed by atoms with Crippen molar-refractivity contribution in [3.63, 3.8) is 0 Å². The second-order valence-corrected chi connectivity index (χ2v) is 10.4. The van der Waals surface area contributed by atoms with E-state index in [1.807, 2.05) is 0 Å². The van der Waals surface area contributed by atoms with E-state index in [2.05, 4.69) is 32.9 Å². The smallest absolute Gasteiger partial charge is 0.338 e. The van der Waals surface area contributed by atoms with Gasteiger partial charge in [0.15, 0.2) is 11.5 Å². The van der Waals surface area contributed by atoms with Crippen LogP contribution in [0.5, 0.6) is 17.2 Å². The predicted molar refractivity (Wildman–Crippen MR) is 142 cm³/mol. The van der Waals surface area contributed by atoms with Crippen LogP contribution in [0.3, 0.4) is 0 Å². The molecule has 1 aromatic carbocycles. The lowest BCUT2D eigenvalue weighted by Gasteiger charge is -2.19. The summed E-state index contributed by atoms with van der Waals surface area (Å²) >= 11 is 0. The van der Waals surface area contributed by atoms with E-state index in [4.69, 9.17) is 18.9 Å². The number of esters is 1. The molecule has 208 valence electrons. The first-order chi connectivity index (χ1) is 18.5. The van der Waals surface area contributed by atoms with E-state index in [-0.39, 0.29) is 54.2 Å². The van der Waals surface area contributed by atoms with E-state index in [9.17, 15) is 14.4 Å². The molecule has 38 heavy (non-hydrogen) atoms. The molecule has 1 saturated carbocycles. The van der Waals surface area contributed by atoms with Gasteiger partial charge in [0.1, 0.15) is 6.61 Å². The first-order valence-corrected chi connectivity index (χ1v) is 14.3. The lowest BCUT2D eigenvalue weighted by molar-refractivity contribution is -0.141. The number of ether oxygens (including phenoxy) is 4. The van der Waals surface area contributed by atoms with E-state index >= 15 is 0 Å². The van der Waals surface area contributed by atoms with Gasteiger partial charge in [0, 0.05) is 0 Å². The van der Waals surface area contributed by atoms with Crippen LogP contribution in [0.25, 0.3) is 0 Å². The van der Waals surface area contributed by atoms with Gasteiger partial charge in [-0.25, -0.2) is 4.79 Å². The Morgan fingerprint density at radius 1 is 0.789 bits per heavy atom. The number of unbranched alkanes of at least 4 members (excludes halogenated alkanes) is 3. The van der Waals surface area contributed by atoms with Gasteiger partial charge in [-0.3, -0.25) is 14.5 Å². The zero-order valence-electron chi connectivity index (χ0n) is 22.9. The molecule has 8 heteroatoms. The fourth-order valence-electron chi connectivity index (χ4n) is 5.52. The van der Waals surface area contributed by atoms with Crippen molar-refractivity contribution in [1.82, 2.24) is 4.90 Å². The van der Waals surface area contributed by atoms with E-state index < -0.39 is 5.97 Å². The second kappa shape index (κ2) is 13.2. The SMILES string of the molecule is CCCCOc1cc(C(=O)OCCN2C(=O)C3C4C=CC(C4)C3C2=O)cc(OCCCC)c1OCCCC. The standard InChI is InChI=1S/C30H41NO7/c1-4-7-13-35-23-18-22(19-24(36-14-8-5-2)27(23)37-15-9-6-3)30(34)38-16-12-31-28(32)25-20-10-11-21(17-20)26(25)29(31)33/h10-11,18-21,25-26H,4-9,12-17H2,1-3H3. The molecule has 2 bridgehead atoms. The number of amides is 2. The first kappa shape index (κ1) is 28.0. The largest absolute Gasteiger partial charge is 0.490 e. The molecule has 1 aliphatic heterocycles. The average Bonchev–Trinajstić information content (AvgIpc) is 3.60. The maximum Gasteiger partial charge on any atom is 0.338 e. The van der Waals surface area contributed by atoms with E-state index in [0.29, 0.717) is 37.1 Å². The monoisotopic (exact) mass is 527 g/mol. The number of carbonyl (C=O) groups excluding carboxylic acids is 3. The Balaban J connectivity index is 1.44. The maximum atomic E-state index is 13.1. The first-order valence-electron chi connectivity index (χ1n) is 14.3. The number of fused-ring (bicyclic) bond motifs is 5. The molecular weight excluding hydrogens is 486 g/mol. The van der Waals surface area contributed by atoms with Crippen molar-refractivity contribution in [3.05, 3.63) is 29.8 Å². The van der Waals surface area contributed by atoms with Crippen molar-refractivity contribution in [1.29, 1.82) is 0 Å². The molecule has 1 saturated heterocycles. The van der Waals surface area contributed by atoms with Crippen LogP contribution in [0.4, 0.5) is 0 Å². The number of likely N-dealkylation sites (tertiary alicyclic amines) is 1. The number of imide groups is 1. The molecule has 0 spiro atoms. The minimum absolute atomic E-state index is 0.0633. The molecule has 1 aromatic rings. The van der Waals surface area contributed by atoms with Crippen LogP contribution in [-0.2, 0) is 14.3 Å². The molecule has 4 atom stereocenters. The van der Waals surface area contributed by atoms with E-state index in [1.54, 1.807) is 12.1 Å². The van der Waals surface area contributed by atoms with Gasteiger partial charge in [-0.05, 0) is 49.7 Å². The average molecular weight is 528 g/mol. The third kappa shape index (κ3) is 6.00. The summed E-state index contributed by atoms with van der Waals surface area (Å²) in [6.07, 6.45) is 10.6. The van der Waals surface area contributed by atoms with Crippen molar-refractivity contribution in [2.24, 2.45) is 23.7 Å². The zero-order chi connectivity index (χ0) is 27.1. The Morgan fingerprint density at radius 2 is 1.29 bits per heavy atom. The summed E-state index contributed by atoms with van der Waals surface area (Å²) in [4.78, 5) is 40.1. The lowest BCUT2D eigenvalue weighted by atomic mass is 9.85. The van der Waals surface area contributed by atoms with Crippen LogP contribution >= 0.6 is 0 Å². The molecule has 0 N–H and O–H groups in total. The lowest BCUT2D eigenvalue weighted by Crippen LogP contribution is -2.36. The Kier molecular flexibility index (Phi) is 9.69. The summed E-state index contributed by atoms with van der Waals surface area (Å²) < 4.78 is 23.6. The maximum absolute atomic E-state index is 13.1. The van der Waals surface area contributed by atoms with Crippen molar-refractivity contribution in [2.45, 2.75) is 65.7 Å². The van der Waals surface area contributed by atoms with Crippen molar-refractivity contribution in [2.75, 3.05) is 33.0 Å². The van der Waals surface area contributed by atoms with Gasteiger partial charge in [0.2, 0.25) is 17.6 Å². The van der Waals surface area contributed by atoms with Gasteiger partial charge in [-0.15, -0.1) is 0 Å². The van der Waals surface area contributed by atoms with E-state index in [1.165, 1.54) is 4.90 Å². The fraction of sp³-hybridized carbons (Fsp3) is 0.633. The third-order valence-corrected chi connectivity index (χ3v) is 7.62. The Labute approximate surface area is 225 Å². The highest BCUT2D eigenvalue weighted by Gasteiger charge is 2.59. The molecule has 3 aliphatic rings. The molecule has 2 aliphatic carbocycles.